The van der Waals surface area contributed by atoms with E-state index in [0.29, 0.717) is 18.0 Å². The number of carboxylic acid groups (broad SMARTS) is 1. The number of hydrogen-bond acceptors (Lipinski definition) is 4. The van der Waals surface area contributed by atoms with E-state index in [1.165, 1.54) is 31.4 Å². The first kappa shape index (κ1) is 35.8. The van der Waals surface area contributed by atoms with Gasteiger partial charge in [0.15, 0.2) is 0 Å². The van der Waals surface area contributed by atoms with E-state index in [9.17, 15) is 26.7 Å². The van der Waals surface area contributed by atoms with Crippen LogP contribution in [0, 0.1) is 17.6 Å². The van der Waals surface area contributed by atoms with Gasteiger partial charge in [-0.25, -0.2) is 18.4 Å². The van der Waals surface area contributed by atoms with E-state index >= 15 is 0 Å². The number of carboxylic acids is 1. The molecule has 1 aliphatic rings. The Balaban J connectivity index is 0.000000821. The van der Waals surface area contributed by atoms with Crippen LogP contribution in [0.1, 0.15) is 63.5 Å². The standard InChI is InChI=1S/C29H41F2N3O2.C2HF3O2/c1-4-6-7-22(5-2)21-36-27-12-8-23(9-13-27)19-32-29(35)34(26-14-16-33(3)17-15-26)20-24-10-11-25(30)18-28(24)31;3-2(4,5)1(6)7/h8-13,18,22,26H,4-7,14-17,19-21H2,1-3H3,(H,32,35);(H,6,7). The molecule has 1 fully saturated rings. The highest BCUT2D eigenvalue weighted by molar-refractivity contribution is 5.74. The van der Waals surface area contributed by atoms with Gasteiger partial charge in [-0.1, -0.05) is 51.3 Å². The van der Waals surface area contributed by atoms with Crippen molar-refractivity contribution in [1.29, 1.82) is 0 Å². The number of likely N-dealkylation sites (tertiary alicyclic amines) is 1. The molecular formula is C31H42F5N3O4. The lowest BCUT2D eigenvalue weighted by atomic mass is 10.0. The Morgan fingerprint density at radius 3 is 2.26 bits per heavy atom. The lowest BCUT2D eigenvalue weighted by Crippen LogP contribution is -2.49. The number of piperidine rings is 1. The highest BCUT2D eigenvalue weighted by Crippen LogP contribution is 2.21. The molecule has 1 heterocycles. The molecule has 1 saturated heterocycles. The van der Waals surface area contributed by atoms with Crippen molar-refractivity contribution in [3.8, 4) is 5.75 Å². The summed E-state index contributed by atoms with van der Waals surface area (Å²) in [7, 11) is 2.06. The summed E-state index contributed by atoms with van der Waals surface area (Å²) in [6, 6.07) is 11.1. The number of carbonyl (C=O) groups excluding carboxylic acids is 1. The van der Waals surface area contributed by atoms with Crippen LogP contribution < -0.4 is 10.1 Å². The Hall–Kier alpha value is -3.41. The molecular weight excluding hydrogens is 573 g/mol. The van der Waals surface area contributed by atoms with Gasteiger partial charge in [-0.05, 0) is 69.1 Å². The minimum atomic E-state index is -5.08. The number of alkyl halides is 3. The van der Waals surface area contributed by atoms with Crippen molar-refractivity contribution in [2.24, 2.45) is 5.92 Å². The molecule has 0 spiro atoms. The molecule has 2 aromatic rings. The Labute approximate surface area is 250 Å². The summed E-state index contributed by atoms with van der Waals surface area (Å²) < 4.78 is 65.5. The van der Waals surface area contributed by atoms with Crippen molar-refractivity contribution in [1.82, 2.24) is 15.1 Å². The largest absolute Gasteiger partial charge is 0.493 e. The van der Waals surface area contributed by atoms with Gasteiger partial charge in [-0.15, -0.1) is 0 Å². The zero-order chi connectivity index (χ0) is 32.0. The molecule has 2 amide bonds. The van der Waals surface area contributed by atoms with Gasteiger partial charge in [-0.2, -0.15) is 13.2 Å². The zero-order valence-corrected chi connectivity index (χ0v) is 24.9. The molecule has 0 radical (unpaired) electrons. The van der Waals surface area contributed by atoms with Gasteiger partial charge in [0.2, 0.25) is 0 Å². The molecule has 3 rings (SSSR count). The van der Waals surface area contributed by atoms with Crippen LogP contribution in [0.5, 0.6) is 5.75 Å². The van der Waals surface area contributed by atoms with E-state index in [1.807, 2.05) is 24.3 Å². The zero-order valence-electron chi connectivity index (χ0n) is 24.9. The highest BCUT2D eigenvalue weighted by atomic mass is 19.4. The number of hydrogen-bond donors (Lipinski definition) is 2. The van der Waals surface area contributed by atoms with E-state index in [4.69, 9.17) is 14.6 Å². The van der Waals surface area contributed by atoms with Crippen LogP contribution in [-0.2, 0) is 17.9 Å². The van der Waals surface area contributed by atoms with Crippen molar-refractivity contribution in [3.05, 3.63) is 65.2 Å². The quantitative estimate of drug-likeness (QED) is 0.252. The predicted octanol–water partition coefficient (Wildman–Crippen LogP) is 7.00. The third kappa shape index (κ3) is 12.8. The predicted molar refractivity (Wildman–Crippen MR) is 154 cm³/mol. The van der Waals surface area contributed by atoms with Crippen molar-refractivity contribution in [3.63, 3.8) is 0 Å². The monoisotopic (exact) mass is 615 g/mol. The molecule has 0 aliphatic carbocycles. The van der Waals surface area contributed by atoms with Gasteiger partial charge in [0.05, 0.1) is 13.2 Å². The fourth-order valence-electron chi connectivity index (χ4n) is 4.60. The highest BCUT2D eigenvalue weighted by Gasteiger charge is 2.38. The van der Waals surface area contributed by atoms with Crippen LogP contribution in [0.4, 0.5) is 26.7 Å². The van der Waals surface area contributed by atoms with Gasteiger partial charge in [0, 0.05) is 24.2 Å². The van der Waals surface area contributed by atoms with Crippen LogP contribution in [0.3, 0.4) is 0 Å². The van der Waals surface area contributed by atoms with Crippen LogP contribution in [0.25, 0.3) is 0 Å². The summed E-state index contributed by atoms with van der Waals surface area (Å²) in [5.41, 5.74) is 1.28. The number of amides is 2. The Kier molecular flexibility index (Phi) is 14.7. The van der Waals surface area contributed by atoms with E-state index in [2.05, 4.69) is 31.1 Å². The molecule has 1 atom stereocenters. The Morgan fingerprint density at radius 2 is 1.72 bits per heavy atom. The number of ether oxygens (including phenoxy) is 1. The topological polar surface area (TPSA) is 82.1 Å². The van der Waals surface area contributed by atoms with E-state index in [1.54, 1.807) is 4.90 Å². The average Bonchev–Trinajstić information content (AvgIpc) is 2.96. The second-order valence-electron chi connectivity index (χ2n) is 10.7. The minimum Gasteiger partial charge on any atom is -0.493 e. The number of carbonyl (C=O) groups is 2. The Morgan fingerprint density at radius 1 is 1.09 bits per heavy atom. The molecule has 7 nitrogen and oxygen atoms in total. The van der Waals surface area contributed by atoms with Gasteiger partial charge in [0.25, 0.3) is 0 Å². The summed E-state index contributed by atoms with van der Waals surface area (Å²) in [6.07, 6.45) is 1.27. The molecule has 0 saturated carbocycles. The number of nitrogens with zero attached hydrogens (tertiary/aromatic N) is 2. The SMILES string of the molecule is CCCCC(CC)COc1ccc(CNC(=O)N(Cc2ccc(F)cc2F)C2CCN(C)CC2)cc1.O=C(O)C(F)(F)F. The number of benzene rings is 2. The van der Waals surface area contributed by atoms with Gasteiger partial charge < -0.3 is 25.0 Å². The first-order chi connectivity index (χ1) is 20.3. The van der Waals surface area contributed by atoms with Crippen molar-refractivity contribution < 1.29 is 41.4 Å². The third-order valence-electron chi connectivity index (χ3n) is 7.38. The summed E-state index contributed by atoms with van der Waals surface area (Å²) >= 11 is 0. The lowest BCUT2D eigenvalue weighted by molar-refractivity contribution is -0.192. The molecule has 2 aromatic carbocycles. The van der Waals surface area contributed by atoms with Crippen LogP contribution in [0.15, 0.2) is 42.5 Å². The molecule has 2 N–H and O–H groups in total. The minimum absolute atomic E-state index is 0.000601. The second-order valence-corrected chi connectivity index (χ2v) is 10.7. The molecule has 12 heteroatoms. The van der Waals surface area contributed by atoms with Gasteiger partial charge >= 0.3 is 18.2 Å². The fourth-order valence-corrected chi connectivity index (χ4v) is 4.60. The van der Waals surface area contributed by atoms with Crippen molar-refractivity contribution >= 4 is 12.0 Å². The van der Waals surface area contributed by atoms with Gasteiger partial charge in [0.1, 0.15) is 17.4 Å². The molecule has 1 unspecified atom stereocenters. The third-order valence-corrected chi connectivity index (χ3v) is 7.38. The number of unbranched alkanes of at least 4 members (excludes halogenated alkanes) is 1. The molecule has 0 bridgehead atoms. The molecule has 1 aliphatic heterocycles. The normalized spacial score (nSPS) is 14.8. The van der Waals surface area contributed by atoms with Crippen LogP contribution >= 0.6 is 0 Å². The molecule has 43 heavy (non-hydrogen) atoms. The van der Waals surface area contributed by atoms with Crippen molar-refractivity contribution in [2.75, 3.05) is 26.7 Å². The number of aliphatic carboxylic acids is 1. The number of halogens is 5. The number of urea groups is 1. The Bertz CT molecular complexity index is 1140. The van der Waals surface area contributed by atoms with Crippen LogP contribution in [0.2, 0.25) is 0 Å². The molecule has 240 valence electrons. The summed E-state index contributed by atoms with van der Waals surface area (Å²) in [6.45, 7) is 7.35. The fraction of sp³-hybridized carbons (Fsp3) is 0.548. The van der Waals surface area contributed by atoms with E-state index < -0.39 is 23.8 Å². The number of rotatable bonds is 12. The summed E-state index contributed by atoms with van der Waals surface area (Å²) in [5.74, 6) is -2.60. The maximum atomic E-state index is 14.4. The van der Waals surface area contributed by atoms with Crippen LogP contribution in [-0.4, -0.2) is 65.9 Å². The average molecular weight is 616 g/mol. The molecule has 0 aromatic heterocycles. The summed E-state index contributed by atoms with van der Waals surface area (Å²) in [5, 5.41) is 10.1. The summed E-state index contributed by atoms with van der Waals surface area (Å²) in [4.78, 5) is 26.0. The second kappa shape index (κ2) is 17.6. The lowest BCUT2D eigenvalue weighted by Gasteiger charge is -2.37. The van der Waals surface area contributed by atoms with Crippen molar-refractivity contribution in [2.45, 2.75) is 77.7 Å². The maximum Gasteiger partial charge on any atom is 0.490 e. The number of nitrogens with one attached hydrogen (secondary N) is 1. The first-order valence-electron chi connectivity index (χ1n) is 14.5. The van der Waals surface area contributed by atoms with E-state index in [-0.39, 0.29) is 18.6 Å². The smallest absolute Gasteiger partial charge is 0.490 e. The maximum absolute atomic E-state index is 14.4. The van der Waals surface area contributed by atoms with Gasteiger partial charge in [-0.3, -0.25) is 0 Å². The van der Waals surface area contributed by atoms with E-state index in [0.717, 1.165) is 56.3 Å². The first-order valence-corrected chi connectivity index (χ1v) is 14.5.